The standard InChI is InChI=1S/C12H14N6O2/c19-11(20)12(4-1-2-5-12)8-18-10(15-16-17-18)9-3-6-13-14-7-9/h3,6-7H,1-2,4-5,8H2,(H,19,20). The second-order valence-electron chi connectivity index (χ2n) is 5.08. The minimum absolute atomic E-state index is 0.285. The Labute approximate surface area is 114 Å². The lowest BCUT2D eigenvalue weighted by Crippen LogP contribution is -2.33. The number of carboxylic acids is 1. The predicted molar refractivity (Wildman–Crippen MR) is 67.4 cm³/mol. The first-order chi connectivity index (χ1) is 9.71. The van der Waals surface area contributed by atoms with E-state index in [0.717, 1.165) is 18.4 Å². The minimum atomic E-state index is -0.774. The summed E-state index contributed by atoms with van der Waals surface area (Å²) in [5.41, 5.74) is -0.0338. The van der Waals surface area contributed by atoms with Crippen LogP contribution in [0.5, 0.6) is 0 Å². The van der Waals surface area contributed by atoms with Gasteiger partial charge >= 0.3 is 5.97 Å². The fraction of sp³-hybridized carbons (Fsp3) is 0.500. The first-order valence-corrected chi connectivity index (χ1v) is 6.48. The van der Waals surface area contributed by atoms with Gasteiger partial charge in [0.25, 0.3) is 0 Å². The molecule has 104 valence electrons. The molecule has 1 N–H and O–H groups in total. The lowest BCUT2D eigenvalue weighted by molar-refractivity contribution is -0.149. The number of aliphatic carboxylic acids is 1. The zero-order valence-electron chi connectivity index (χ0n) is 10.8. The summed E-state index contributed by atoms with van der Waals surface area (Å²) in [5, 5.41) is 28.6. The van der Waals surface area contributed by atoms with Gasteiger partial charge in [-0.3, -0.25) is 4.79 Å². The van der Waals surface area contributed by atoms with E-state index in [1.807, 2.05) is 0 Å². The molecule has 0 aromatic carbocycles. The van der Waals surface area contributed by atoms with Gasteiger partial charge in [0.15, 0.2) is 5.82 Å². The minimum Gasteiger partial charge on any atom is -0.481 e. The second kappa shape index (κ2) is 4.95. The van der Waals surface area contributed by atoms with Crippen LogP contribution in [0.15, 0.2) is 18.5 Å². The third-order valence-corrected chi connectivity index (χ3v) is 3.84. The van der Waals surface area contributed by atoms with E-state index in [9.17, 15) is 9.90 Å². The van der Waals surface area contributed by atoms with Crippen LogP contribution in [0.1, 0.15) is 25.7 Å². The Bertz CT molecular complexity index is 605. The van der Waals surface area contributed by atoms with Crippen molar-refractivity contribution in [3.63, 3.8) is 0 Å². The van der Waals surface area contributed by atoms with Crippen molar-refractivity contribution in [2.75, 3.05) is 0 Å². The van der Waals surface area contributed by atoms with Gasteiger partial charge in [-0.1, -0.05) is 12.8 Å². The van der Waals surface area contributed by atoms with Gasteiger partial charge < -0.3 is 5.11 Å². The molecule has 8 nitrogen and oxygen atoms in total. The van der Waals surface area contributed by atoms with E-state index in [-0.39, 0.29) is 6.54 Å². The van der Waals surface area contributed by atoms with Gasteiger partial charge in [-0.25, -0.2) is 4.68 Å². The van der Waals surface area contributed by atoms with Crippen molar-refractivity contribution in [1.29, 1.82) is 0 Å². The SMILES string of the molecule is O=C(O)C1(Cn2nnnc2-c2ccnnc2)CCCC1. The topological polar surface area (TPSA) is 107 Å². The Hall–Kier alpha value is -2.38. The summed E-state index contributed by atoms with van der Waals surface area (Å²) in [5.74, 6) is -0.253. The third kappa shape index (κ3) is 2.13. The van der Waals surface area contributed by atoms with E-state index in [2.05, 4.69) is 25.7 Å². The Morgan fingerprint density at radius 3 is 2.80 bits per heavy atom. The first-order valence-electron chi connectivity index (χ1n) is 6.48. The highest BCUT2D eigenvalue weighted by Gasteiger charge is 2.42. The molecule has 0 unspecified atom stereocenters. The molecule has 8 heteroatoms. The maximum atomic E-state index is 11.6. The number of carboxylic acid groups (broad SMARTS) is 1. The fourth-order valence-electron chi connectivity index (χ4n) is 2.72. The molecule has 0 spiro atoms. The Kier molecular flexibility index (Phi) is 3.13. The summed E-state index contributed by atoms with van der Waals surface area (Å²) in [7, 11) is 0. The summed E-state index contributed by atoms with van der Waals surface area (Å²) < 4.78 is 1.55. The smallest absolute Gasteiger partial charge is 0.311 e. The highest BCUT2D eigenvalue weighted by Crippen LogP contribution is 2.40. The van der Waals surface area contributed by atoms with E-state index < -0.39 is 11.4 Å². The normalized spacial score (nSPS) is 17.2. The van der Waals surface area contributed by atoms with Crippen molar-refractivity contribution < 1.29 is 9.90 Å². The van der Waals surface area contributed by atoms with Crippen LogP contribution in [0.4, 0.5) is 0 Å². The average Bonchev–Trinajstić information content (AvgIpc) is 3.10. The van der Waals surface area contributed by atoms with Gasteiger partial charge in [-0.15, -0.1) is 5.10 Å². The molecule has 0 amide bonds. The highest BCUT2D eigenvalue weighted by molar-refractivity contribution is 5.75. The van der Waals surface area contributed by atoms with Crippen molar-refractivity contribution in [3.05, 3.63) is 18.5 Å². The summed E-state index contributed by atoms with van der Waals surface area (Å²) in [6.07, 6.45) is 6.30. The monoisotopic (exact) mass is 274 g/mol. The van der Waals surface area contributed by atoms with Crippen LogP contribution in [-0.2, 0) is 11.3 Å². The quantitative estimate of drug-likeness (QED) is 0.877. The molecule has 0 bridgehead atoms. The summed E-state index contributed by atoms with van der Waals surface area (Å²) in [6.45, 7) is 0.285. The summed E-state index contributed by atoms with van der Waals surface area (Å²) in [4.78, 5) is 11.6. The Morgan fingerprint density at radius 1 is 1.35 bits per heavy atom. The molecule has 20 heavy (non-hydrogen) atoms. The van der Waals surface area contributed by atoms with Crippen LogP contribution in [0.25, 0.3) is 11.4 Å². The van der Waals surface area contributed by atoms with Crippen LogP contribution in [0.2, 0.25) is 0 Å². The highest BCUT2D eigenvalue weighted by atomic mass is 16.4. The maximum absolute atomic E-state index is 11.6. The van der Waals surface area contributed by atoms with Crippen molar-refractivity contribution in [3.8, 4) is 11.4 Å². The van der Waals surface area contributed by atoms with Gasteiger partial charge in [0, 0.05) is 5.56 Å². The van der Waals surface area contributed by atoms with Gasteiger partial charge in [0.2, 0.25) is 0 Å². The van der Waals surface area contributed by atoms with Crippen LogP contribution in [0.3, 0.4) is 0 Å². The number of carbonyl (C=O) groups is 1. The van der Waals surface area contributed by atoms with E-state index in [0.29, 0.717) is 18.7 Å². The molecule has 2 heterocycles. The number of nitrogens with zero attached hydrogens (tertiary/aromatic N) is 6. The Balaban J connectivity index is 1.93. The molecule has 1 aliphatic rings. The van der Waals surface area contributed by atoms with Crippen molar-refractivity contribution in [2.24, 2.45) is 5.41 Å². The van der Waals surface area contributed by atoms with Crippen LogP contribution < -0.4 is 0 Å². The molecule has 1 fully saturated rings. The molecule has 1 saturated carbocycles. The predicted octanol–water partition coefficient (Wildman–Crippen LogP) is 0.775. The van der Waals surface area contributed by atoms with E-state index in [1.165, 1.54) is 0 Å². The van der Waals surface area contributed by atoms with Gasteiger partial charge in [-0.05, 0) is 29.3 Å². The first kappa shape index (κ1) is 12.6. The number of tetrazole rings is 1. The summed E-state index contributed by atoms with van der Waals surface area (Å²) >= 11 is 0. The number of hydrogen-bond acceptors (Lipinski definition) is 6. The van der Waals surface area contributed by atoms with E-state index in [1.54, 1.807) is 23.1 Å². The van der Waals surface area contributed by atoms with E-state index >= 15 is 0 Å². The molecular formula is C12H14N6O2. The number of aromatic nitrogens is 6. The third-order valence-electron chi connectivity index (χ3n) is 3.84. The van der Waals surface area contributed by atoms with Gasteiger partial charge in [0.1, 0.15) is 0 Å². The average molecular weight is 274 g/mol. The largest absolute Gasteiger partial charge is 0.481 e. The fourth-order valence-corrected chi connectivity index (χ4v) is 2.72. The van der Waals surface area contributed by atoms with Crippen LogP contribution in [0, 0.1) is 5.41 Å². The maximum Gasteiger partial charge on any atom is 0.311 e. The molecule has 0 saturated heterocycles. The number of hydrogen-bond donors (Lipinski definition) is 1. The Morgan fingerprint density at radius 2 is 2.15 bits per heavy atom. The van der Waals surface area contributed by atoms with Gasteiger partial charge in [-0.2, -0.15) is 10.2 Å². The molecule has 0 atom stereocenters. The molecule has 2 aromatic rings. The van der Waals surface area contributed by atoms with Crippen molar-refractivity contribution >= 4 is 5.97 Å². The lowest BCUT2D eigenvalue weighted by atomic mass is 9.86. The molecule has 0 aliphatic heterocycles. The van der Waals surface area contributed by atoms with Gasteiger partial charge in [0.05, 0.1) is 24.4 Å². The molecule has 1 aliphatic carbocycles. The van der Waals surface area contributed by atoms with Crippen LogP contribution >= 0.6 is 0 Å². The summed E-state index contributed by atoms with van der Waals surface area (Å²) in [6, 6.07) is 1.75. The van der Waals surface area contributed by atoms with Crippen LogP contribution in [-0.4, -0.2) is 41.5 Å². The number of rotatable bonds is 4. The molecular weight excluding hydrogens is 260 g/mol. The molecule has 0 radical (unpaired) electrons. The van der Waals surface area contributed by atoms with Crippen molar-refractivity contribution in [1.82, 2.24) is 30.4 Å². The zero-order valence-corrected chi connectivity index (χ0v) is 10.8. The molecule has 3 rings (SSSR count). The second-order valence-corrected chi connectivity index (χ2v) is 5.08. The zero-order chi connectivity index (χ0) is 14.0. The lowest BCUT2D eigenvalue weighted by Gasteiger charge is -2.23. The molecule has 2 aromatic heterocycles. The van der Waals surface area contributed by atoms with Crippen molar-refractivity contribution in [2.45, 2.75) is 32.2 Å². The van der Waals surface area contributed by atoms with E-state index in [4.69, 9.17) is 0 Å².